The van der Waals surface area contributed by atoms with Crippen LogP contribution in [0.1, 0.15) is 19.4 Å². The highest BCUT2D eigenvalue weighted by molar-refractivity contribution is 14.0. The van der Waals surface area contributed by atoms with Gasteiger partial charge in [0.25, 0.3) is 0 Å². The minimum Gasteiger partial charge on any atom is -0.493 e. The van der Waals surface area contributed by atoms with Crippen LogP contribution in [0, 0.1) is 0 Å². The molecule has 0 unspecified atom stereocenters. The lowest BCUT2D eigenvalue weighted by Gasteiger charge is -2.15. The molecule has 0 aliphatic carbocycles. The number of hydrogen-bond donors (Lipinski definition) is 2. The van der Waals surface area contributed by atoms with Crippen LogP contribution < -0.4 is 20.1 Å². The van der Waals surface area contributed by atoms with Gasteiger partial charge in [-0.05, 0) is 43.7 Å². The molecule has 0 bridgehead atoms. The average molecular weight is 521 g/mol. The Kier molecular flexibility index (Phi) is 9.46. The zero-order valence-electron chi connectivity index (χ0n) is 17.5. The summed E-state index contributed by atoms with van der Waals surface area (Å²) in [6, 6.07) is 15.7. The minimum absolute atomic E-state index is 0. The molecule has 1 aromatic heterocycles. The Morgan fingerprint density at radius 3 is 2.63 bits per heavy atom. The van der Waals surface area contributed by atoms with E-state index in [0.717, 1.165) is 23.5 Å². The summed E-state index contributed by atoms with van der Waals surface area (Å²) in [6.07, 6.45) is 3.70. The Bertz CT molecular complexity index is 944. The molecule has 3 aromatic rings. The smallest absolute Gasteiger partial charge is 0.196 e. The topological polar surface area (TPSA) is 72.7 Å². The number of ether oxygens (including phenoxy) is 2. The molecule has 0 amide bonds. The fraction of sp³-hybridized carbons (Fsp3) is 0.273. The van der Waals surface area contributed by atoms with Crippen LogP contribution in [0.25, 0.3) is 5.69 Å². The van der Waals surface area contributed by atoms with E-state index in [-0.39, 0.29) is 24.0 Å². The summed E-state index contributed by atoms with van der Waals surface area (Å²) in [5, 5.41) is 10.9. The van der Waals surface area contributed by atoms with E-state index in [1.165, 1.54) is 0 Å². The van der Waals surface area contributed by atoms with Crippen molar-refractivity contribution in [1.82, 2.24) is 15.1 Å². The van der Waals surface area contributed by atoms with Gasteiger partial charge >= 0.3 is 0 Å². The summed E-state index contributed by atoms with van der Waals surface area (Å²) >= 11 is 0. The molecule has 2 aromatic carbocycles. The molecule has 1 heterocycles. The van der Waals surface area contributed by atoms with Crippen LogP contribution in [0.5, 0.6) is 11.5 Å². The van der Waals surface area contributed by atoms with Gasteiger partial charge < -0.3 is 20.1 Å². The molecular weight excluding hydrogens is 493 g/mol. The fourth-order valence-corrected chi connectivity index (χ4v) is 2.91. The highest BCUT2D eigenvalue weighted by Crippen LogP contribution is 2.30. The van der Waals surface area contributed by atoms with Crippen LogP contribution in [0.15, 0.2) is 65.9 Å². The van der Waals surface area contributed by atoms with E-state index in [1.54, 1.807) is 13.3 Å². The summed E-state index contributed by atoms with van der Waals surface area (Å²) in [5.41, 5.74) is 2.97. The van der Waals surface area contributed by atoms with E-state index in [1.807, 2.05) is 67.2 Å². The number of aliphatic imine (C=N–C) groups is 1. The molecule has 7 nitrogen and oxygen atoms in total. The molecular formula is C22H28IN5O2. The van der Waals surface area contributed by atoms with Crippen LogP contribution in [0.4, 0.5) is 5.69 Å². The quantitative estimate of drug-likeness (QED) is 0.260. The van der Waals surface area contributed by atoms with Crippen LogP contribution in [0.2, 0.25) is 0 Å². The number of nitrogens with zero attached hydrogens (tertiary/aromatic N) is 3. The Morgan fingerprint density at radius 1 is 1.10 bits per heavy atom. The van der Waals surface area contributed by atoms with Gasteiger partial charge in [0.1, 0.15) is 0 Å². The Labute approximate surface area is 194 Å². The number of nitrogens with one attached hydrogen (secondary N) is 2. The molecule has 0 spiro atoms. The molecule has 8 heteroatoms. The van der Waals surface area contributed by atoms with Gasteiger partial charge in [0.15, 0.2) is 17.5 Å². The van der Waals surface area contributed by atoms with Crippen molar-refractivity contribution in [2.75, 3.05) is 25.6 Å². The van der Waals surface area contributed by atoms with E-state index in [9.17, 15) is 0 Å². The maximum Gasteiger partial charge on any atom is 0.196 e. The zero-order valence-corrected chi connectivity index (χ0v) is 19.8. The number of guanidine groups is 1. The summed E-state index contributed by atoms with van der Waals surface area (Å²) in [6.45, 7) is 5.82. The Hall–Kier alpha value is -2.75. The van der Waals surface area contributed by atoms with Gasteiger partial charge in [0.2, 0.25) is 0 Å². The predicted molar refractivity (Wildman–Crippen MR) is 132 cm³/mol. The molecule has 0 fully saturated rings. The third kappa shape index (κ3) is 6.12. The van der Waals surface area contributed by atoms with Gasteiger partial charge in [-0.3, -0.25) is 0 Å². The number of methoxy groups -OCH3 is 1. The van der Waals surface area contributed by atoms with Gasteiger partial charge in [0.05, 0.1) is 25.9 Å². The van der Waals surface area contributed by atoms with E-state index < -0.39 is 0 Å². The molecule has 30 heavy (non-hydrogen) atoms. The Morgan fingerprint density at radius 2 is 1.93 bits per heavy atom. The summed E-state index contributed by atoms with van der Waals surface area (Å²) in [7, 11) is 1.63. The van der Waals surface area contributed by atoms with Gasteiger partial charge in [-0.1, -0.05) is 18.2 Å². The third-order valence-corrected chi connectivity index (χ3v) is 4.22. The van der Waals surface area contributed by atoms with Crippen LogP contribution >= 0.6 is 24.0 Å². The van der Waals surface area contributed by atoms with Crippen molar-refractivity contribution in [1.29, 1.82) is 0 Å². The van der Waals surface area contributed by atoms with Crippen molar-refractivity contribution in [3.8, 4) is 17.2 Å². The lowest BCUT2D eigenvalue weighted by atomic mass is 10.2. The predicted octanol–water partition coefficient (Wildman–Crippen LogP) is 4.48. The second kappa shape index (κ2) is 12.1. The SMILES string of the molecule is CCNC(=NCc1ccccc1-n1cccn1)Nc1ccc(OC)c(OCC)c1.I. The minimum atomic E-state index is 0. The molecule has 0 saturated heterocycles. The number of rotatable bonds is 8. The molecule has 0 saturated carbocycles. The fourth-order valence-electron chi connectivity index (χ4n) is 2.91. The maximum absolute atomic E-state index is 5.66. The zero-order chi connectivity index (χ0) is 20.5. The highest BCUT2D eigenvalue weighted by atomic mass is 127. The van der Waals surface area contributed by atoms with Crippen molar-refractivity contribution in [3.63, 3.8) is 0 Å². The van der Waals surface area contributed by atoms with E-state index in [2.05, 4.69) is 21.8 Å². The molecule has 0 aliphatic rings. The van der Waals surface area contributed by atoms with Crippen LogP contribution in [-0.2, 0) is 6.54 Å². The van der Waals surface area contributed by atoms with Crippen molar-refractivity contribution in [2.24, 2.45) is 4.99 Å². The molecule has 3 rings (SSSR count). The van der Waals surface area contributed by atoms with Crippen LogP contribution in [0.3, 0.4) is 0 Å². The third-order valence-electron chi connectivity index (χ3n) is 4.22. The first-order valence-electron chi connectivity index (χ1n) is 9.69. The van der Waals surface area contributed by atoms with Crippen molar-refractivity contribution in [3.05, 3.63) is 66.5 Å². The van der Waals surface area contributed by atoms with E-state index in [0.29, 0.717) is 30.6 Å². The van der Waals surface area contributed by atoms with Gasteiger partial charge in [-0.15, -0.1) is 24.0 Å². The number of benzene rings is 2. The normalized spacial score (nSPS) is 10.8. The summed E-state index contributed by atoms with van der Waals surface area (Å²) in [4.78, 5) is 4.75. The Balaban J connectivity index is 0.00000320. The number of anilines is 1. The lowest BCUT2D eigenvalue weighted by molar-refractivity contribution is 0.311. The van der Waals surface area contributed by atoms with Crippen molar-refractivity contribution < 1.29 is 9.47 Å². The molecule has 0 aliphatic heterocycles. The van der Waals surface area contributed by atoms with E-state index >= 15 is 0 Å². The summed E-state index contributed by atoms with van der Waals surface area (Å²) < 4.78 is 12.9. The van der Waals surface area contributed by atoms with Crippen molar-refractivity contribution >= 4 is 35.6 Å². The van der Waals surface area contributed by atoms with E-state index in [4.69, 9.17) is 14.5 Å². The molecule has 0 radical (unpaired) electrons. The summed E-state index contributed by atoms with van der Waals surface area (Å²) in [5.74, 6) is 2.09. The molecule has 2 N–H and O–H groups in total. The molecule has 0 atom stereocenters. The number of hydrogen-bond acceptors (Lipinski definition) is 4. The van der Waals surface area contributed by atoms with Gasteiger partial charge in [0, 0.05) is 30.7 Å². The second-order valence-corrected chi connectivity index (χ2v) is 6.20. The highest BCUT2D eigenvalue weighted by Gasteiger charge is 2.08. The first-order valence-corrected chi connectivity index (χ1v) is 9.69. The average Bonchev–Trinajstić information content (AvgIpc) is 3.28. The monoisotopic (exact) mass is 521 g/mol. The van der Waals surface area contributed by atoms with Gasteiger partial charge in [-0.2, -0.15) is 5.10 Å². The molecule has 160 valence electrons. The first kappa shape index (κ1) is 23.5. The number of halogens is 1. The lowest BCUT2D eigenvalue weighted by Crippen LogP contribution is -2.30. The second-order valence-electron chi connectivity index (χ2n) is 6.20. The largest absolute Gasteiger partial charge is 0.493 e. The van der Waals surface area contributed by atoms with Gasteiger partial charge in [-0.25, -0.2) is 9.67 Å². The number of para-hydroxylation sites is 1. The van der Waals surface area contributed by atoms with Crippen LogP contribution in [-0.4, -0.2) is 36.0 Å². The standard InChI is InChI=1S/C22H27N5O2.HI/c1-4-23-22(26-18-11-12-20(28-3)21(15-18)29-5-2)24-16-17-9-6-7-10-19(17)27-14-8-13-25-27;/h6-15H,4-5,16H2,1-3H3,(H2,23,24,26);1H. The number of aromatic nitrogens is 2. The first-order chi connectivity index (χ1) is 14.2. The maximum atomic E-state index is 5.66. The van der Waals surface area contributed by atoms with Crippen molar-refractivity contribution in [2.45, 2.75) is 20.4 Å².